The van der Waals surface area contributed by atoms with Crippen LogP contribution >= 0.6 is 0 Å². The summed E-state index contributed by atoms with van der Waals surface area (Å²) < 4.78 is 4.37. The van der Waals surface area contributed by atoms with Crippen molar-refractivity contribution < 1.29 is 19.2 Å². The number of hydrogen-bond donors (Lipinski definition) is 0. The molecule has 0 aliphatic rings. The second kappa shape index (κ2) is 11.1. The third kappa shape index (κ3) is 4.57. The number of hydrogen-bond acceptors (Lipinski definition) is 4. The number of benzene rings is 5. The third-order valence-corrected chi connectivity index (χ3v) is 9.11. The van der Waals surface area contributed by atoms with Crippen LogP contribution in [0, 0.1) is 0 Å². The second-order valence-electron chi connectivity index (χ2n) is 11.8. The largest absolute Gasteiger partial charge is 0.341 e. The lowest BCUT2D eigenvalue weighted by Crippen LogP contribution is -2.05. The highest BCUT2D eigenvalue weighted by Gasteiger charge is 2.18. The molecule has 0 radical (unpaired) electrons. The topological polar surface area (TPSA) is 78.1 Å². The Labute approximate surface area is 265 Å². The quantitative estimate of drug-likeness (QED) is 0.162. The summed E-state index contributed by atoms with van der Waals surface area (Å²) in [5, 5.41) is 3.73. The molecule has 2 aromatic heterocycles. The Hall–Kier alpha value is -5.62. The number of Topliss-reactive ketones (excluding diaryl/α,β-unsaturated/α-hetero) is 2. The number of ketones is 4. The van der Waals surface area contributed by atoms with Crippen molar-refractivity contribution in [3.05, 3.63) is 130 Å². The number of carbonyl (C=O) groups is 4. The van der Waals surface area contributed by atoms with Gasteiger partial charge in [0.05, 0.1) is 0 Å². The normalized spacial score (nSPS) is 11.6. The molecule has 0 saturated heterocycles. The molecule has 7 rings (SSSR count). The summed E-state index contributed by atoms with van der Waals surface area (Å²) in [4.78, 5) is 51.4. The van der Waals surface area contributed by atoms with Gasteiger partial charge in [-0.15, -0.1) is 0 Å². The maximum Gasteiger partial charge on any atom is 0.193 e. The van der Waals surface area contributed by atoms with Crippen molar-refractivity contribution in [3.8, 4) is 0 Å². The molecule has 0 bridgehead atoms. The van der Waals surface area contributed by atoms with Gasteiger partial charge in [0.25, 0.3) is 0 Å². The van der Waals surface area contributed by atoms with Crippen LogP contribution in [0.4, 0.5) is 0 Å². The van der Waals surface area contributed by atoms with Crippen LogP contribution in [0.25, 0.3) is 43.6 Å². The highest BCUT2D eigenvalue weighted by Crippen LogP contribution is 2.33. The fraction of sp³-hybridized carbons (Fsp3) is 0.150. The number of carbonyl (C=O) groups excluding carboxylic acids is 4. The zero-order valence-electron chi connectivity index (χ0n) is 26.2. The molecule has 0 N–H and O–H groups in total. The van der Waals surface area contributed by atoms with Gasteiger partial charge in [0.2, 0.25) is 0 Å². The Morgan fingerprint density at radius 3 is 0.957 bits per heavy atom. The van der Waals surface area contributed by atoms with Crippen molar-refractivity contribution in [2.24, 2.45) is 0 Å². The minimum atomic E-state index is -0.143. The number of rotatable bonds is 8. The zero-order valence-corrected chi connectivity index (χ0v) is 26.2. The second-order valence-corrected chi connectivity index (χ2v) is 11.8. The van der Waals surface area contributed by atoms with Crippen LogP contribution in [0.3, 0.4) is 0 Å². The predicted octanol–water partition coefficient (Wildman–Crippen LogP) is 8.81. The highest BCUT2D eigenvalue weighted by atomic mass is 16.1. The first kappa shape index (κ1) is 29.1. The number of aromatic nitrogens is 2. The van der Waals surface area contributed by atoms with Gasteiger partial charge in [0.15, 0.2) is 23.1 Å². The molecule has 0 fully saturated rings. The van der Waals surface area contributed by atoms with Crippen molar-refractivity contribution in [1.29, 1.82) is 0 Å². The molecule has 46 heavy (non-hydrogen) atoms. The molecule has 6 nitrogen and oxygen atoms in total. The molecular formula is C40H32N2O4. The molecule has 6 heteroatoms. The van der Waals surface area contributed by atoms with Crippen LogP contribution in [-0.2, 0) is 13.1 Å². The smallest absolute Gasteiger partial charge is 0.193 e. The molecule has 0 unspecified atom stereocenters. The van der Waals surface area contributed by atoms with E-state index in [1.807, 2.05) is 72.8 Å². The first-order valence-corrected chi connectivity index (χ1v) is 15.5. The van der Waals surface area contributed by atoms with E-state index in [0.717, 1.165) is 56.7 Å². The van der Waals surface area contributed by atoms with Crippen LogP contribution in [-0.4, -0.2) is 32.3 Å². The first-order chi connectivity index (χ1) is 22.2. The SMILES string of the molecule is CCn1c2ccc(C(C)=O)cc2c2cc(C(=O)c3ccc(C(=O)c4ccc5c(c4)c4cc(C(C)=O)ccc4n5CC)cc3)ccc21. The maximum absolute atomic E-state index is 13.6. The molecule has 226 valence electrons. The molecule has 0 aliphatic carbocycles. The van der Waals surface area contributed by atoms with Crippen molar-refractivity contribution in [3.63, 3.8) is 0 Å². The molecule has 7 aromatic rings. The van der Waals surface area contributed by atoms with E-state index >= 15 is 0 Å². The van der Waals surface area contributed by atoms with Gasteiger partial charge in [-0.05, 0) is 100 Å². The summed E-state index contributed by atoms with van der Waals surface area (Å²) in [5.74, 6) is -0.293. The lowest BCUT2D eigenvalue weighted by atomic mass is 9.97. The molecule has 2 heterocycles. The van der Waals surface area contributed by atoms with Gasteiger partial charge < -0.3 is 9.13 Å². The van der Waals surface area contributed by atoms with Gasteiger partial charge in [0.1, 0.15) is 0 Å². The third-order valence-electron chi connectivity index (χ3n) is 9.11. The summed E-state index contributed by atoms with van der Waals surface area (Å²) in [5.41, 5.74) is 7.37. The van der Waals surface area contributed by atoms with Crippen LogP contribution in [0.2, 0.25) is 0 Å². The lowest BCUT2D eigenvalue weighted by Gasteiger charge is -2.07. The standard InChI is InChI=1S/C40H32N2O4/c1-5-41-35-15-11-27(23(3)43)19-31(35)33-21-29(13-17-37(33)41)39(45)25-7-9-26(10-8-25)40(46)30-14-18-38-34(22-30)32-20-28(24(4)44)12-16-36(32)42(38)6-2/h7-22H,5-6H2,1-4H3. The summed E-state index contributed by atoms with van der Waals surface area (Å²) in [7, 11) is 0. The van der Waals surface area contributed by atoms with Crippen molar-refractivity contribution in [2.45, 2.75) is 40.8 Å². The fourth-order valence-corrected chi connectivity index (χ4v) is 6.72. The summed E-state index contributed by atoms with van der Waals surface area (Å²) in [6.45, 7) is 8.78. The maximum atomic E-state index is 13.6. The van der Waals surface area contributed by atoms with E-state index in [-0.39, 0.29) is 23.1 Å². The van der Waals surface area contributed by atoms with Gasteiger partial charge in [-0.1, -0.05) is 24.3 Å². The summed E-state index contributed by atoms with van der Waals surface area (Å²) >= 11 is 0. The van der Waals surface area contributed by atoms with Crippen LogP contribution in [0.5, 0.6) is 0 Å². The van der Waals surface area contributed by atoms with Gasteiger partial charge in [-0.3, -0.25) is 19.2 Å². The first-order valence-electron chi connectivity index (χ1n) is 15.5. The van der Waals surface area contributed by atoms with Gasteiger partial charge in [0, 0.05) is 90.1 Å². The molecule has 0 amide bonds. The Bertz CT molecular complexity index is 2250. The Morgan fingerprint density at radius 2 is 0.674 bits per heavy atom. The van der Waals surface area contributed by atoms with Gasteiger partial charge >= 0.3 is 0 Å². The Kier molecular flexibility index (Phi) is 7.01. The minimum Gasteiger partial charge on any atom is -0.341 e. The van der Waals surface area contributed by atoms with Crippen molar-refractivity contribution >= 4 is 66.7 Å². The van der Waals surface area contributed by atoms with E-state index in [9.17, 15) is 19.2 Å². The monoisotopic (exact) mass is 604 g/mol. The number of fused-ring (bicyclic) bond motifs is 6. The zero-order chi connectivity index (χ0) is 32.3. The summed E-state index contributed by atoms with van der Waals surface area (Å²) in [6.07, 6.45) is 0. The van der Waals surface area contributed by atoms with E-state index in [0.29, 0.717) is 33.4 Å². The summed E-state index contributed by atoms with van der Waals surface area (Å²) in [6, 6.07) is 29.6. The van der Waals surface area contributed by atoms with Crippen LogP contribution < -0.4 is 0 Å². The van der Waals surface area contributed by atoms with Gasteiger partial charge in [-0.25, -0.2) is 0 Å². The average molecular weight is 605 g/mol. The van der Waals surface area contributed by atoms with Crippen LogP contribution in [0.1, 0.15) is 80.3 Å². The number of nitrogens with zero attached hydrogens (tertiary/aromatic N) is 2. The highest BCUT2D eigenvalue weighted by molar-refractivity contribution is 6.18. The van der Waals surface area contributed by atoms with E-state index in [4.69, 9.17) is 0 Å². The van der Waals surface area contributed by atoms with E-state index in [1.165, 1.54) is 0 Å². The van der Waals surface area contributed by atoms with Crippen LogP contribution in [0.15, 0.2) is 97.1 Å². The Balaban J connectivity index is 1.22. The number of aryl methyl sites for hydroxylation is 2. The lowest BCUT2D eigenvalue weighted by molar-refractivity contribution is 0.100. The molecule has 0 aliphatic heterocycles. The van der Waals surface area contributed by atoms with Crippen molar-refractivity contribution in [2.75, 3.05) is 0 Å². The van der Waals surface area contributed by atoms with E-state index in [1.54, 1.807) is 38.1 Å². The van der Waals surface area contributed by atoms with Gasteiger partial charge in [-0.2, -0.15) is 0 Å². The molecule has 0 atom stereocenters. The molecule has 0 spiro atoms. The predicted molar refractivity (Wildman–Crippen MR) is 184 cm³/mol. The van der Waals surface area contributed by atoms with Crippen molar-refractivity contribution in [1.82, 2.24) is 9.13 Å². The Morgan fingerprint density at radius 1 is 0.413 bits per heavy atom. The molecular weight excluding hydrogens is 572 g/mol. The van der Waals surface area contributed by atoms with E-state index < -0.39 is 0 Å². The fourth-order valence-electron chi connectivity index (χ4n) is 6.72. The molecule has 0 saturated carbocycles. The van der Waals surface area contributed by atoms with E-state index in [2.05, 4.69) is 23.0 Å². The minimum absolute atomic E-state index is 0.00378. The molecule has 5 aromatic carbocycles. The average Bonchev–Trinajstić information content (AvgIpc) is 3.57.